The second kappa shape index (κ2) is 8.83. The van der Waals surface area contributed by atoms with Crippen LogP contribution in [0.5, 0.6) is 0 Å². The highest BCUT2D eigenvalue weighted by atomic mass is 32.1. The van der Waals surface area contributed by atoms with Gasteiger partial charge < -0.3 is 0 Å². The minimum absolute atomic E-state index is 0.243. The highest BCUT2D eigenvalue weighted by molar-refractivity contribution is 7.78. The molecule has 0 fully saturated rings. The predicted octanol–water partition coefficient (Wildman–Crippen LogP) is 6.78. The van der Waals surface area contributed by atoms with Crippen molar-refractivity contribution >= 4 is 34.4 Å². The van der Waals surface area contributed by atoms with Crippen molar-refractivity contribution in [3.63, 3.8) is 0 Å². The Morgan fingerprint density at radius 3 is 2.33 bits per heavy atom. The number of hydrogen-bond acceptors (Lipinski definition) is 3. The molecule has 2 aromatic carbocycles. The van der Waals surface area contributed by atoms with E-state index in [9.17, 15) is 8.78 Å². The number of aryl methyl sites for hydroxylation is 1. The number of hydrogen-bond donors (Lipinski definition) is 0. The molecular formula is C22H15F2NS2. The summed E-state index contributed by atoms with van der Waals surface area (Å²) in [7, 11) is 0. The summed E-state index contributed by atoms with van der Waals surface area (Å²) in [5.41, 5.74) is 2.25. The van der Waals surface area contributed by atoms with E-state index >= 15 is 0 Å². The second-order valence-corrected chi connectivity index (χ2v) is 7.12. The zero-order chi connectivity index (χ0) is 19.2. The van der Waals surface area contributed by atoms with Gasteiger partial charge in [0.2, 0.25) is 0 Å². The molecule has 3 rings (SSSR count). The molecule has 0 radical (unpaired) electrons. The van der Waals surface area contributed by atoms with Crippen molar-refractivity contribution < 1.29 is 8.78 Å². The normalized spacial score (nSPS) is 10.0. The summed E-state index contributed by atoms with van der Waals surface area (Å²) in [6.07, 6.45) is 2.20. The van der Waals surface area contributed by atoms with Gasteiger partial charge >= 0.3 is 0 Å². The van der Waals surface area contributed by atoms with Crippen molar-refractivity contribution in [2.24, 2.45) is 4.99 Å². The smallest absolute Gasteiger partial charge is 0.153 e. The van der Waals surface area contributed by atoms with E-state index in [1.165, 1.54) is 5.56 Å². The van der Waals surface area contributed by atoms with E-state index in [4.69, 9.17) is 0 Å². The fourth-order valence-electron chi connectivity index (χ4n) is 2.61. The standard InChI is InChI=1S/C22H15F2NS2/c1-2-3-15-4-7-17(8-5-15)21-11-10-18(27-21)9-6-16-12-19(23)22(25-14-26)20(24)13-16/h4-5,7-8,10-13H,2-3H2,1H3. The number of aliphatic imine (C=N–C) groups is 1. The van der Waals surface area contributed by atoms with Gasteiger partial charge in [0.05, 0.1) is 10.0 Å². The number of rotatable bonds is 4. The Bertz CT molecular complexity index is 1040. The molecule has 0 saturated carbocycles. The molecule has 3 aromatic rings. The summed E-state index contributed by atoms with van der Waals surface area (Å²) in [5, 5.41) is 1.97. The van der Waals surface area contributed by atoms with Crippen LogP contribution in [0.2, 0.25) is 0 Å². The average Bonchev–Trinajstić information content (AvgIpc) is 3.13. The highest BCUT2D eigenvalue weighted by Crippen LogP contribution is 2.28. The van der Waals surface area contributed by atoms with Crippen LogP contribution in [0.4, 0.5) is 14.5 Å². The SMILES string of the molecule is CCCc1ccc(-c2ccc(C#Cc3cc(F)c(N=C=S)c(F)c3)s2)cc1. The van der Waals surface area contributed by atoms with E-state index < -0.39 is 17.3 Å². The van der Waals surface area contributed by atoms with Crippen LogP contribution in [0.1, 0.15) is 29.3 Å². The first kappa shape index (κ1) is 19.1. The van der Waals surface area contributed by atoms with E-state index in [-0.39, 0.29) is 5.56 Å². The lowest BCUT2D eigenvalue weighted by molar-refractivity contribution is 0.587. The number of isothiocyanates is 1. The zero-order valence-electron chi connectivity index (χ0n) is 14.6. The van der Waals surface area contributed by atoms with Gasteiger partial charge in [-0.1, -0.05) is 49.5 Å². The number of nitrogens with zero attached hydrogens (tertiary/aromatic N) is 1. The molecule has 0 N–H and O–H groups in total. The maximum absolute atomic E-state index is 13.9. The Hall–Kier alpha value is -2.64. The van der Waals surface area contributed by atoms with E-state index in [0.717, 1.165) is 40.3 Å². The third-order valence-corrected chi connectivity index (χ3v) is 5.03. The van der Waals surface area contributed by atoms with Crippen LogP contribution in [0.25, 0.3) is 10.4 Å². The third-order valence-electron chi connectivity index (χ3n) is 3.89. The monoisotopic (exact) mass is 395 g/mol. The van der Waals surface area contributed by atoms with Crippen LogP contribution < -0.4 is 0 Å². The number of benzene rings is 2. The van der Waals surface area contributed by atoms with Crippen LogP contribution in [0.3, 0.4) is 0 Å². The van der Waals surface area contributed by atoms with Gasteiger partial charge in [0.15, 0.2) is 11.6 Å². The lowest BCUT2D eigenvalue weighted by atomic mass is 10.1. The van der Waals surface area contributed by atoms with Gasteiger partial charge in [0.1, 0.15) is 5.69 Å². The van der Waals surface area contributed by atoms with E-state index in [1.807, 2.05) is 17.3 Å². The summed E-state index contributed by atoms with van der Waals surface area (Å²) in [5.74, 6) is 4.13. The maximum Gasteiger partial charge on any atom is 0.153 e. The summed E-state index contributed by atoms with van der Waals surface area (Å²) in [4.78, 5) is 5.31. The molecule has 0 atom stereocenters. The van der Waals surface area contributed by atoms with E-state index in [1.54, 1.807) is 11.3 Å². The maximum atomic E-state index is 13.9. The van der Waals surface area contributed by atoms with Crippen molar-refractivity contribution in [2.75, 3.05) is 0 Å². The zero-order valence-corrected chi connectivity index (χ0v) is 16.2. The van der Waals surface area contributed by atoms with Crippen LogP contribution in [-0.2, 0) is 6.42 Å². The molecule has 134 valence electrons. The first-order valence-electron chi connectivity index (χ1n) is 8.38. The Labute approximate surface area is 166 Å². The molecule has 0 aliphatic carbocycles. The van der Waals surface area contributed by atoms with Crippen molar-refractivity contribution in [3.05, 3.63) is 76.2 Å². The number of thiocarbonyl (C=S) groups is 1. The van der Waals surface area contributed by atoms with Gasteiger partial charge in [-0.25, -0.2) is 8.78 Å². The minimum Gasteiger partial charge on any atom is -0.204 e. The predicted molar refractivity (Wildman–Crippen MR) is 111 cm³/mol. The van der Waals surface area contributed by atoms with Crippen molar-refractivity contribution in [2.45, 2.75) is 19.8 Å². The molecule has 27 heavy (non-hydrogen) atoms. The summed E-state index contributed by atoms with van der Waals surface area (Å²) in [6, 6.07) is 14.7. The van der Waals surface area contributed by atoms with Crippen LogP contribution in [-0.4, -0.2) is 5.16 Å². The summed E-state index contributed by atoms with van der Waals surface area (Å²) >= 11 is 5.93. The summed E-state index contributed by atoms with van der Waals surface area (Å²) < 4.78 is 27.7. The Morgan fingerprint density at radius 1 is 1.00 bits per heavy atom. The van der Waals surface area contributed by atoms with E-state index in [2.05, 4.69) is 60.2 Å². The highest BCUT2D eigenvalue weighted by Gasteiger charge is 2.09. The molecule has 0 saturated heterocycles. The molecule has 0 spiro atoms. The van der Waals surface area contributed by atoms with Gasteiger partial charge in [-0.15, -0.1) is 11.3 Å². The molecular weight excluding hydrogens is 380 g/mol. The second-order valence-electron chi connectivity index (χ2n) is 5.85. The Balaban J connectivity index is 1.82. The Morgan fingerprint density at radius 2 is 1.70 bits per heavy atom. The van der Waals surface area contributed by atoms with Gasteiger partial charge in [-0.3, -0.25) is 0 Å². The first-order valence-corrected chi connectivity index (χ1v) is 9.61. The van der Waals surface area contributed by atoms with Crippen molar-refractivity contribution in [1.29, 1.82) is 0 Å². The number of thiophene rings is 1. The molecule has 1 nitrogen and oxygen atoms in total. The first-order chi connectivity index (χ1) is 13.1. The van der Waals surface area contributed by atoms with Crippen LogP contribution in [0, 0.1) is 23.5 Å². The van der Waals surface area contributed by atoms with Gasteiger partial charge in [-0.2, -0.15) is 4.99 Å². The van der Waals surface area contributed by atoms with Crippen LogP contribution in [0.15, 0.2) is 53.5 Å². The third kappa shape index (κ3) is 4.75. The van der Waals surface area contributed by atoms with Gasteiger partial charge in [0.25, 0.3) is 0 Å². The van der Waals surface area contributed by atoms with Crippen molar-refractivity contribution in [1.82, 2.24) is 0 Å². The molecule has 0 unspecified atom stereocenters. The largest absolute Gasteiger partial charge is 0.204 e. The van der Waals surface area contributed by atoms with E-state index in [0.29, 0.717) is 0 Å². The minimum atomic E-state index is -0.810. The topological polar surface area (TPSA) is 12.4 Å². The Kier molecular flexibility index (Phi) is 6.26. The molecule has 0 amide bonds. The van der Waals surface area contributed by atoms with Gasteiger partial charge in [-0.05, 0) is 54.0 Å². The van der Waals surface area contributed by atoms with Crippen LogP contribution >= 0.6 is 23.6 Å². The quantitative estimate of drug-likeness (QED) is 0.269. The van der Waals surface area contributed by atoms with Crippen molar-refractivity contribution in [3.8, 4) is 22.3 Å². The fraction of sp³-hybridized carbons (Fsp3) is 0.136. The summed E-state index contributed by atoms with van der Waals surface area (Å²) in [6.45, 7) is 2.16. The molecule has 1 aromatic heterocycles. The lowest BCUT2D eigenvalue weighted by Gasteiger charge is -2.00. The molecule has 0 aliphatic rings. The lowest BCUT2D eigenvalue weighted by Crippen LogP contribution is -1.86. The molecule has 5 heteroatoms. The average molecular weight is 395 g/mol. The molecule has 0 bridgehead atoms. The molecule has 0 aliphatic heterocycles. The molecule has 1 heterocycles. The number of halogens is 2. The van der Waals surface area contributed by atoms with Gasteiger partial charge in [0, 0.05) is 10.4 Å². The fourth-order valence-corrected chi connectivity index (χ4v) is 3.56.